The highest BCUT2D eigenvalue weighted by molar-refractivity contribution is 7.47. The largest absolute Gasteiger partial charge is 0.472 e. The van der Waals surface area contributed by atoms with E-state index in [2.05, 4.69) is 135 Å². The smallest absolute Gasteiger partial charge is 0.463 e. The number of aliphatic hydroxyl groups is 3. The molecular weight excluding hydrogens is 939 g/mol. The number of hydrogen-bond acceptors (Lipinski definition) is 13. The van der Waals surface area contributed by atoms with Gasteiger partial charge in [0.15, 0.2) is 0 Å². The fraction of sp³-hybridized carbons (Fsp3) is 0.585. The lowest BCUT2D eigenvalue weighted by atomic mass is 10.1. The summed E-state index contributed by atoms with van der Waals surface area (Å²) >= 11 is 0. The number of rotatable bonds is 46. The van der Waals surface area contributed by atoms with Crippen molar-refractivity contribution in [3.05, 3.63) is 122 Å². The van der Waals surface area contributed by atoms with Gasteiger partial charge in [-0.25, -0.2) is 9.13 Å². The summed E-state index contributed by atoms with van der Waals surface area (Å²) in [6.45, 7) is 0.116. The molecule has 0 radical (unpaired) electrons. The van der Waals surface area contributed by atoms with Gasteiger partial charge in [0.2, 0.25) is 0 Å². The number of esters is 2. The average molecular weight is 1030 g/mol. The van der Waals surface area contributed by atoms with E-state index in [9.17, 15) is 43.8 Å². The molecule has 0 aromatic rings. The predicted molar refractivity (Wildman–Crippen MR) is 278 cm³/mol. The summed E-state index contributed by atoms with van der Waals surface area (Å²) in [6.07, 6.45) is 54.8. The van der Waals surface area contributed by atoms with E-state index in [1.165, 1.54) is 19.3 Å². The van der Waals surface area contributed by atoms with Crippen molar-refractivity contribution in [2.45, 2.75) is 161 Å². The summed E-state index contributed by atoms with van der Waals surface area (Å²) in [6, 6.07) is 0. The summed E-state index contributed by atoms with van der Waals surface area (Å²) < 4.78 is 52.9. The lowest BCUT2D eigenvalue weighted by molar-refractivity contribution is -0.148. The van der Waals surface area contributed by atoms with Gasteiger partial charge in [0, 0.05) is 12.8 Å². The van der Waals surface area contributed by atoms with Crippen molar-refractivity contribution in [3.8, 4) is 0 Å². The van der Waals surface area contributed by atoms with E-state index < -0.39 is 85.5 Å². The van der Waals surface area contributed by atoms with E-state index in [4.69, 9.17) is 9.47 Å². The number of unbranched alkanes of at least 4 members (excludes halogenated alkanes) is 6. The fourth-order valence-electron chi connectivity index (χ4n) is 5.57. The highest BCUT2D eigenvalue weighted by Crippen LogP contribution is 2.45. The SMILES string of the molecule is CC/C=C\C/C=C\C/C=C\C/C=C\C/C=C\C/C=C\CCC(=O)OCC(O)COP(=O)(O)OCC(O)COP(=O)(O)OCC(O)COC(=O)CCCCC/C=C\C/C=C\C/C=C\C/C=C\CCCCC. The highest BCUT2D eigenvalue weighted by atomic mass is 31.2. The molecule has 5 N–H and O–H groups in total. The molecule has 0 fully saturated rings. The van der Waals surface area contributed by atoms with Gasteiger partial charge in [0.1, 0.15) is 31.5 Å². The molecule has 0 spiro atoms. The minimum atomic E-state index is -4.81. The molecule has 0 saturated heterocycles. The van der Waals surface area contributed by atoms with E-state index in [0.717, 1.165) is 77.0 Å². The first-order valence-electron chi connectivity index (χ1n) is 24.9. The Kier molecular flexibility index (Phi) is 45.3. The molecule has 0 aromatic heterocycles. The molecule has 0 amide bonds. The van der Waals surface area contributed by atoms with Crippen LogP contribution in [0.4, 0.5) is 0 Å². The van der Waals surface area contributed by atoms with Crippen LogP contribution in [0.15, 0.2) is 122 Å². The molecule has 0 aliphatic carbocycles. The highest BCUT2D eigenvalue weighted by Gasteiger charge is 2.28. The second-order valence-corrected chi connectivity index (χ2v) is 19.0. The second kappa shape index (κ2) is 47.7. The lowest BCUT2D eigenvalue weighted by Crippen LogP contribution is -2.25. The van der Waals surface area contributed by atoms with Gasteiger partial charge in [-0.1, -0.05) is 155 Å². The third-order valence-electron chi connectivity index (χ3n) is 9.41. The topological polar surface area (TPSA) is 225 Å². The van der Waals surface area contributed by atoms with Gasteiger partial charge in [0.05, 0.1) is 26.4 Å². The quantitative estimate of drug-likeness (QED) is 0.0165. The number of ether oxygens (including phenoxy) is 2. The van der Waals surface area contributed by atoms with Gasteiger partial charge in [0.25, 0.3) is 0 Å². The number of carbonyl (C=O) groups excluding carboxylic acids is 2. The van der Waals surface area contributed by atoms with Crippen molar-refractivity contribution in [3.63, 3.8) is 0 Å². The molecule has 15 nitrogen and oxygen atoms in total. The Bertz CT molecular complexity index is 1710. The Hall–Kier alpha value is -3.56. The Morgan fingerprint density at radius 3 is 1.04 bits per heavy atom. The molecule has 0 saturated carbocycles. The number of phosphoric acid groups is 2. The molecule has 398 valence electrons. The molecule has 5 atom stereocenters. The number of carbonyl (C=O) groups is 2. The Labute approximate surface area is 419 Å². The normalized spacial score (nSPS) is 15.9. The second-order valence-electron chi connectivity index (χ2n) is 16.1. The van der Waals surface area contributed by atoms with E-state index in [1.807, 2.05) is 18.2 Å². The molecule has 0 heterocycles. The van der Waals surface area contributed by atoms with Crippen LogP contribution in [0, 0.1) is 0 Å². The van der Waals surface area contributed by atoms with Crippen molar-refractivity contribution in [2.24, 2.45) is 0 Å². The van der Waals surface area contributed by atoms with Gasteiger partial charge < -0.3 is 34.6 Å². The van der Waals surface area contributed by atoms with E-state index in [-0.39, 0.29) is 12.8 Å². The maximum atomic E-state index is 12.2. The van der Waals surface area contributed by atoms with Crippen molar-refractivity contribution < 1.29 is 71.4 Å². The zero-order chi connectivity index (χ0) is 51.7. The third kappa shape index (κ3) is 49.4. The van der Waals surface area contributed by atoms with Crippen molar-refractivity contribution in [1.82, 2.24) is 0 Å². The maximum Gasteiger partial charge on any atom is 0.472 e. The minimum Gasteiger partial charge on any atom is -0.463 e. The number of phosphoric ester groups is 2. The first-order chi connectivity index (χ1) is 33.8. The van der Waals surface area contributed by atoms with Crippen LogP contribution in [0.2, 0.25) is 0 Å². The summed E-state index contributed by atoms with van der Waals surface area (Å²) in [5, 5.41) is 30.0. The van der Waals surface area contributed by atoms with Gasteiger partial charge in [-0.3, -0.25) is 27.7 Å². The van der Waals surface area contributed by atoms with Gasteiger partial charge in [-0.15, -0.1) is 0 Å². The van der Waals surface area contributed by atoms with Crippen LogP contribution >= 0.6 is 15.6 Å². The van der Waals surface area contributed by atoms with Crippen molar-refractivity contribution >= 4 is 27.6 Å². The molecule has 0 aliphatic rings. The Balaban J connectivity index is 4.01. The summed E-state index contributed by atoms with van der Waals surface area (Å²) in [5.74, 6) is -1.12. The molecule has 70 heavy (non-hydrogen) atoms. The zero-order valence-corrected chi connectivity index (χ0v) is 43.7. The summed E-state index contributed by atoms with van der Waals surface area (Å²) in [5.41, 5.74) is 0. The number of aliphatic hydroxyl groups excluding tert-OH is 3. The van der Waals surface area contributed by atoms with Crippen LogP contribution in [0.1, 0.15) is 142 Å². The van der Waals surface area contributed by atoms with Gasteiger partial charge >= 0.3 is 27.6 Å². The molecule has 0 aromatic carbocycles. The average Bonchev–Trinajstić information content (AvgIpc) is 3.34. The molecule has 0 aliphatic heterocycles. The summed E-state index contributed by atoms with van der Waals surface area (Å²) in [4.78, 5) is 43.8. The zero-order valence-electron chi connectivity index (χ0n) is 41.9. The molecule has 0 rings (SSSR count). The first-order valence-corrected chi connectivity index (χ1v) is 27.9. The van der Waals surface area contributed by atoms with E-state index in [1.54, 1.807) is 0 Å². The standard InChI is InChI=1S/C53H86O15P2/c1-3-5-7-9-11-13-15-17-19-21-23-25-27-29-31-33-35-37-39-41-52(57)63-43-49(54)45-65-69(59,60)67-47-51(56)48-68-70(61,62)66-46-50(55)44-64-53(58)42-40-38-36-34-32-30-28-26-24-22-20-18-16-14-12-10-8-6-4-2/h5,7,11-14,17-20,23-26,29-32,35,37,49-51,54-56H,3-4,6,8-10,15-16,21-22,27-28,33-34,36,38-48H2,1-2H3,(H,59,60)(H,61,62)/b7-5-,13-11-,14-12-,19-17-,20-18-,25-23-,26-24-,31-29-,32-30-,37-35-. The van der Waals surface area contributed by atoms with Crippen molar-refractivity contribution in [2.75, 3.05) is 39.6 Å². The Morgan fingerprint density at radius 1 is 0.386 bits per heavy atom. The van der Waals surface area contributed by atoms with E-state index in [0.29, 0.717) is 19.3 Å². The number of hydrogen-bond donors (Lipinski definition) is 5. The number of allylic oxidation sites excluding steroid dienone is 20. The van der Waals surface area contributed by atoms with E-state index >= 15 is 0 Å². The maximum absolute atomic E-state index is 12.2. The van der Waals surface area contributed by atoms with Crippen LogP contribution in [-0.4, -0.2) is 95.0 Å². The van der Waals surface area contributed by atoms with Crippen LogP contribution in [0.3, 0.4) is 0 Å². The van der Waals surface area contributed by atoms with Crippen LogP contribution in [-0.2, 0) is 46.3 Å². The molecule has 0 bridgehead atoms. The van der Waals surface area contributed by atoms with Crippen LogP contribution < -0.4 is 0 Å². The van der Waals surface area contributed by atoms with Gasteiger partial charge in [-0.2, -0.15) is 0 Å². The first kappa shape index (κ1) is 66.4. The van der Waals surface area contributed by atoms with Crippen LogP contribution in [0.5, 0.6) is 0 Å². The van der Waals surface area contributed by atoms with Crippen LogP contribution in [0.25, 0.3) is 0 Å². The summed E-state index contributed by atoms with van der Waals surface area (Å²) in [7, 11) is -9.62. The Morgan fingerprint density at radius 2 is 0.686 bits per heavy atom. The lowest BCUT2D eigenvalue weighted by Gasteiger charge is -2.19. The monoisotopic (exact) mass is 1020 g/mol. The van der Waals surface area contributed by atoms with Crippen molar-refractivity contribution in [1.29, 1.82) is 0 Å². The molecule has 5 unspecified atom stereocenters. The molecular formula is C53H86O15P2. The molecule has 17 heteroatoms. The minimum absolute atomic E-state index is 0.0640. The van der Waals surface area contributed by atoms with Gasteiger partial charge in [-0.05, 0) is 96.3 Å². The predicted octanol–water partition coefficient (Wildman–Crippen LogP) is 11.8. The fourth-order valence-corrected chi connectivity index (χ4v) is 7.16. The third-order valence-corrected chi connectivity index (χ3v) is 11.3.